The Balaban J connectivity index is 0.00000144. The minimum absolute atomic E-state index is 0. The number of nitrogens with two attached hydrogens (primary N) is 1. The van der Waals surface area contributed by atoms with E-state index in [2.05, 4.69) is 4.90 Å². The third kappa shape index (κ3) is 2.67. The summed E-state index contributed by atoms with van der Waals surface area (Å²) >= 11 is 0. The summed E-state index contributed by atoms with van der Waals surface area (Å²) in [5.41, 5.74) is 6.35. The van der Waals surface area contributed by atoms with Crippen LogP contribution in [0.25, 0.3) is 0 Å². The largest absolute Gasteiger partial charge is 0.393 e. The molecule has 5 heteroatoms. The molecule has 2 heterocycles. The lowest BCUT2D eigenvalue weighted by atomic mass is 9.64. The van der Waals surface area contributed by atoms with Gasteiger partial charge >= 0.3 is 0 Å². The molecule has 4 aliphatic rings. The maximum absolute atomic E-state index is 13.1. The molecule has 126 valence electrons. The molecule has 2 aliphatic heterocycles. The van der Waals surface area contributed by atoms with Crippen LogP contribution in [0.5, 0.6) is 0 Å². The fourth-order valence-electron chi connectivity index (χ4n) is 5.71. The highest BCUT2D eigenvalue weighted by Gasteiger charge is 2.47. The summed E-state index contributed by atoms with van der Waals surface area (Å²) in [7, 11) is 0. The van der Waals surface area contributed by atoms with E-state index in [0.29, 0.717) is 35.9 Å². The number of rotatable bonds is 1. The molecule has 0 aromatic heterocycles. The van der Waals surface area contributed by atoms with Crippen molar-refractivity contribution < 1.29 is 9.90 Å². The lowest BCUT2D eigenvalue weighted by Gasteiger charge is -2.46. The van der Waals surface area contributed by atoms with Crippen molar-refractivity contribution >= 4 is 18.3 Å². The maximum Gasteiger partial charge on any atom is 0.226 e. The fraction of sp³-hybridized carbons (Fsp3) is 0.941. The Bertz CT molecular complexity index is 405. The van der Waals surface area contributed by atoms with E-state index in [9.17, 15) is 9.90 Å². The second-order valence-electron chi connectivity index (χ2n) is 7.95. The molecule has 22 heavy (non-hydrogen) atoms. The first-order chi connectivity index (χ1) is 10.1. The van der Waals surface area contributed by atoms with Crippen LogP contribution in [0.2, 0.25) is 0 Å². The zero-order valence-electron chi connectivity index (χ0n) is 13.2. The highest BCUT2D eigenvalue weighted by atomic mass is 35.5. The summed E-state index contributed by atoms with van der Waals surface area (Å²) < 4.78 is 0. The van der Waals surface area contributed by atoms with Crippen LogP contribution in [0.15, 0.2) is 0 Å². The Morgan fingerprint density at radius 2 is 1.50 bits per heavy atom. The third-order valence-electron chi connectivity index (χ3n) is 6.72. The average Bonchev–Trinajstić information content (AvgIpc) is 2.70. The van der Waals surface area contributed by atoms with Crippen molar-refractivity contribution in [2.45, 2.75) is 82.0 Å². The first kappa shape index (κ1) is 16.5. The number of aliphatic hydroxyl groups excluding tert-OH is 1. The quantitative estimate of drug-likeness (QED) is 0.774. The second kappa shape index (κ2) is 6.29. The van der Waals surface area contributed by atoms with Crippen molar-refractivity contribution in [1.82, 2.24) is 4.90 Å². The number of hydrogen-bond donors (Lipinski definition) is 2. The Labute approximate surface area is 139 Å². The zero-order valence-corrected chi connectivity index (χ0v) is 14.0. The minimum Gasteiger partial charge on any atom is -0.393 e. The maximum atomic E-state index is 13.1. The number of nitrogens with zero attached hydrogens (tertiary/aromatic N) is 1. The van der Waals surface area contributed by atoms with Crippen molar-refractivity contribution in [3.63, 3.8) is 0 Å². The molecule has 2 saturated heterocycles. The molecule has 4 bridgehead atoms. The van der Waals surface area contributed by atoms with Crippen molar-refractivity contribution in [2.75, 3.05) is 0 Å². The van der Waals surface area contributed by atoms with E-state index in [-0.39, 0.29) is 24.4 Å². The SMILES string of the molecule is Cl.NC1C2CCCC1CC(C(=O)N1C3CCC1CC(O)C3)C2. The lowest BCUT2D eigenvalue weighted by Crippen LogP contribution is -2.54. The highest BCUT2D eigenvalue weighted by Crippen LogP contribution is 2.44. The molecular formula is C17H29ClN2O2. The summed E-state index contributed by atoms with van der Waals surface area (Å²) in [6.45, 7) is 0. The molecule has 4 unspecified atom stereocenters. The van der Waals surface area contributed by atoms with Gasteiger partial charge in [-0.3, -0.25) is 4.79 Å². The molecule has 0 aromatic rings. The van der Waals surface area contributed by atoms with E-state index >= 15 is 0 Å². The van der Waals surface area contributed by atoms with E-state index in [1.807, 2.05) is 0 Å². The van der Waals surface area contributed by atoms with Crippen LogP contribution < -0.4 is 5.73 Å². The number of fused-ring (bicyclic) bond motifs is 4. The van der Waals surface area contributed by atoms with Gasteiger partial charge in [0.1, 0.15) is 0 Å². The van der Waals surface area contributed by atoms with Gasteiger partial charge in [0.05, 0.1) is 6.10 Å². The van der Waals surface area contributed by atoms with Gasteiger partial charge in [-0.2, -0.15) is 0 Å². The third-order valence-corrected chi connectivity index (χ3v) is 6.72. The highest BCUT2D eigenvalue weighted by molar-refractivity contribution is 5.85. The molecule has 3 N–H and O–H groups in total. The molecule has 2 aliphatic carbocycles. The zero-order chi connectivity index (χ0) is 14.6. The number of halogens is 1. The first-order valence-electron chi connectivity index (χ1n) is 8.89. The Hall–Kier alpha value is -0.320. The molecule has 0 spiro atoms. The van der Waals surface area contributed by atoms with E-state index in [1.165, 1.54) is 19.3 Å². The molecule has 1 amide bonds. The van der Waals surface area contributed by atoms with Crippen LogP contribution in [0.1, 0.15) is 57.8 Å². The number of amides is 1. The fourth-order valence-corrected chi connectivity index (χ4v) is 5.71. The van der Waals surface area contributed by atoms with E-state index in [4.69, 9.17) is 5.73 Å². The van der Waals surface area contributed by atoms with Gasteiger partial charge in [-0.25, -0.2) is 0 Å². The van der Waals surface area contributed by atoms with E-state index < -0.39 is 0 Å². The van der Waals surface area contributed by atoms with Crippen LogP contribution in [0.4, 0.5) is 0 Å². The summed E-state index contributed by atoms with van der Waals surface area (Å²) in [6, 6.07) is 0.950. The number of piperidine rings is 1. The Morgan fingerprint density at radius 1 is 0.955 bits per heavy atom. The predicted molar refractivity (Wildman–Crippen MR) is 87.7 cm³/mol. The first-order valence-corrected chi connectivity index (χ1v) is 8.89. The van der Waals surface area contributed by atoms with Gasteiger partial charge in [-0.05, 0) is 63.2 Å². The summed E-state index contributed by atoms with van der Waals surface area (Å²) in [6.07, 6.45) is 9.32. The van der Waals surface area contributed by atoms with Gasteiger partial charge in [0.25, 0.3) is 0 Å². The molecule has 4 rings (SSSR count). The molecule has 0 aromatic carbocycles. The van der Waals surface area contributed by atoms with Gasteiger partial charge in [0.15, 0.2) is 0 Å². The van der Waals surface area contributed by atoms with E-state index in [0.717, 1.165) is 38.5 Å². The van der Waals surface area contributed by atoms with Crippen LogP contribution in [-0.4, -0.2) is 40.1 Å². The number of aliphatic hydroxyl groups is 1. The topological polar surface area (TPSA) is 66.6 Å². The van der Waals surface area contributed by atoms with Gasteiger partial charge in [-0.15, -0.1) is 12.4 Å². The van der Waals surface area contributed by atoms with Crippen LogP contribution in [0.3, 0.4) is 0 Å². The van der Waals surface area contributed by atoms with Gasteiger partial charge in [0.2, 0.25) is 5.91 Å². The molecule has 2 saturated carbocycles. The Kier molecular flexibility index (Phi) is 4.73. The van der Waals surface area contributed by atoms with Crippen LogP contribution in [-0.2, 0) is 4.79 Å². The number of hydrogen-bond acceptors (Lipinski definition) is 3. The predicted octanol–water partition coefficient (Wildman–Crippen LogP) is 2.08. The Morgan fingerprint density at radius 3 is 2.05 bits per heavy atom. The summed E-state index contributed by atoms with van der Waals surface area (Å²) in [4.78, 5) is 15.2. The van der Waals surface area contributed by atoms with Gasteiger partial charge < -0.3 is 15.7 Å². The molecular weight excluding hydrogens is 300 g/mol. The van der Waals surface area contributed by atoms with E-state index in [1.54, 1.807) is 0 Å². The lowest BCUT2D eigenvalue weighted by molar-refractivity contribution is -0.145. The standard InChI is InChI=1S/C17H28N2O2.ClH/c18-16-10-2-1-3-11(16)7-12(6-10)17(21)19-13-4-5-14(19)9-15(20)8-13;/h10-16,20H,1-9,18H2;1H. The number of carbonyl (C=O) groups is 1. The average molecular weight is 329 g/mol. The summed E-state index contributed by atoms with van der Waals surface area (Å²) in [5, 5.41) is 9.91. The molecule has 4 atom stereocenters. The smallest absolute Gasteiger partial charge is 0.226 e. The minimum atomic E-state index is -0.189. The van der Waals surface area contributed by atoms with Crippen LogP contribution >= 0.6 is 12.4 Å². The van der Waals surface area contributed by atoms with Gasteiger partial charge in [-0.1, -0.05) is 6.42 Å². The normalized spacial score (nSPS) is 47.0. The second-order valence-corrected chi connectivity index (χ2v) is 7.95. The molecule has 4 nitrogen and oxygen atoms in total. The van der Waals surface area contributed by atoms with Crippen molar-refractivity contribution in [3.8, 4) is 0 Å². The van der Waals surface area contributed by atoms with Gasteiger partial charge in [0, 0.05) is 24.0 Å². The van der Waals surface area contributed by atoms with Crippen molar-refractivity contribution in [3.05, 3.63) is 0 Å². The summed E-state index contributed by atoms with van der Waals surface area (Å²) in [5.74, 6) is 1.73. The number of carbonyl (C=O) groups excluding carboxylic acids is 1. The van der Waals surface area contributed by atoms with Crippen molar-refractivity contribution in [2.24, 2.45) is 23.5 Å². The molecule has 4 fully saturated rings. The van der Waals surface area contributed by atoms with Crippen LogP contribution in [0, 0.1) is 17.8 Å². The monoisotopic (exact) mass is 328 g/mol. The van der Waals surface area contributed by atoms with Crippen molar-refractivity contribution in [1.29, 1.82) is 0 Å². The molecule has 0 radical (unpaired) electrons.